The summed E-state index contributed by atoms with van der Waals surface area (Å²) in [6, 6.07) is 14.2. The first kappa shape index (κ1) is 16.1. The third-order valence-electron chi connectivity index (χ3n) is 4.01. The molecular formula is C19H20FNOS. The summed E-state index contributed by atoms with van der Waals surface area (Å²) >= 11 is 1.60. The van der Waals surface area contributed by atoms with Gasteiger partial charge in [-0.2, -0.15) is 0 Å². The molecule has 0 radical (unpaired) electrons. The highest BCUT2D eigenvalue weighted by Crippen LogP contribution is 2.44. The Bertz CT molecular complexity index is 699. The van der Waals surface area contributed by atoms with Crippen LogP contribution in [-0.4, -0.2) is 17.4 Å². The maximum atomic E-state index is 13.1. The number of thioether (sulfide) groups is 1. The molecular weight excluding hydrogens is 309 g/mol. The summed E-state index contributed by atoms with van der Waals surface area (Å²) in [5.41, 5.74) is 1.84. The van der Waals surface area contributed by atoms with Gasteiger partial charge in [0.05, 0.1) is 0 Å². The molecule has 1 aliphatic heterocycles. The number of carbonyl (C=O) groups is 1. The van der Waals surface area contributed by atoms with Gasteiger partial charge in [-0.1, -0.05) is 43.8 Å². The van der Waals surface area contributed by atoms with Gasteiger partial charge in [0, 0.05) is 17.0 Å². The molecule has 4 heteroatoms. The Kier molecular flexibility index (Phi) is 4.71. The first-order chi connectivity index (χ1) is 11.1. The third-order valence-corrected chi connectivity index (χ3v) is 5.29. The lowest BCUT2D eigenvalue weighted by atomic mass is 10.1. The Morgan fingerprint density at radius 2 is 1.83 bits per heavy atom. The molecule has 1 heterocycles. The molecule has 2 aromatic carbocycles. The van der Waals surface area contributed by atoms with E-state index < -0.39 is 0 Å². The van der Waals surface area contributed by atoms with E-state index in [4.69, 9.17) is 0 Å². The average molecular weight is 329 g/mol. The number of rotatable bonds is 5. The van der Waals surface area contributed by atoms with Crippen LogP contribution in [0, 0.1) is 11.7 Å². The zero-order valence-electron chi connectivity index (χ0n) is 13.3. The van der Waals surface area contributed by atoms with Crippen molar-refractivity contribution in [1.82, 2.24) is 4.90 Å². The number of amides is 1. The molecule has 1 amide bonds. The Morgan fingerprint density at radius 1 is 1.13 bits per heavy atom. The van der Waals surface area contributed by atoms with Crippen LogP contribution in [0.1, 0.15) is 41.6 Å². The van der Waals surface area contributed by atoms with Crippen LogP contribution < -0.4 is 0 Å². The first-order valence-electron chi connectivity index (χ1n) is 7.88. The third kappa shape index (κ3) is 3.42. The largest absolute Gasteiger partial charge is 0.322 e. The SMILES string of the molecule is CC(C)CCN1C(=O)c2ccccc2C1Sc1ccc(F)cc1. The van der Waals surface area contributed by atoms with Gasteiger partial charge < -0.3 is 4.90 Å². The van der Waals surface area contributed by atoms with E-state index in [-0.39, 0.29) is 17.1 Å². The zero-order valence-corrected chi connectivity index (χ0v) is 14.1. The molecule has 0 fully saturated rings. The van der Waals surface area contributed by atoms with Crippen molar-refractivity contribution in [2.24, 2.45) is 5.92 Å². The molecule has 0 aliphatic carbocycles. The topological polar surface area (TPSA) is 20.3 Å². The van der Waals surface area contributed by atoms with E-state index >= 15 is 0 Å². The maximum Gasteiger partial charge on any atom is 0.255 e. The van der Waals surface area contributed by atoms with Crippen molar-refractivity contribution in [2.45, 2.75) is 30.5 Å². The van der Waals surface area contributed by atoms with Crippen molar-refractivity contribution in [3.63, 3.8) is 0 Å². The Hall–Kier alpha value is -1.81. The molecule has 3 rings (SSSR count). The quantitative estimate of drug-likeness (QED) is 0.759. The van der Waals surface area contributed by atoms with Gasteiger partial charge in [0.2, 0.25) is 0 Å². The van der Waals surface area contributed by atoms with Crippen molar-refractivity contribution >= 4 is 17.7 Å². The van der Waals surface area contributed by atoms with Gasteiger partial charge in [0.15, 0.2) is 0 Å². The molecule has 0 N–H and O–H groups in total. The second-order valence-electron chi connectivity index (χ2n) is 6.19. The number of carbonyl (C=O) groups excluding carboxylic acids is 1. The molecule has 1 unspecified atom stereocenters. The van der Waals surface area contributed by atoms with Crippen molar-refractivity contribution in [3.05, 3.63) is 65.5 Å². The zero-order chi connectivity index (χ0) is 16.4. The lowest BCUT2D eigenvalue weighted by Gasteiger charge is -2.25. The van der Waals surface area contributed by atoms with Crippen LogP contribution in [0.25, 0.3) is 0 Å². The van der Waals surface area contributed by atoms with Gasteiger partial charge in [-0.3, -0.25) is 4.79 Å². The van der Waals surface area contributed by atoms with Crippen LogP contribution in [0.2, 0.25) is 0 Å². The van der Waals surface area contributed by atoms with E-state index in [0.717, 1.165) is 29.0 Å². The van der Waals surface area contributed by atoms with Crippen molar-refractivity contribution < 1.29 is 9.18 Å². The molecule has 0 saturated carbocycles. The number of nitrogens with zero attached hydrogens (tertiary/aromatic N) is 1. The highest BCUT2D eigenvalue weighted by molar-refractivity contribution is 7.99. The predicted molar refractivity (Wildman–Crippen MR) is 91.9 cm³/mol. The van der Waals surface area contributed by atoms with E-state index in [1.807, 2.05) is 29.2 Å². The molecule has 0 saturated heterocycles. The molecule has 2 aromatic rings. The molecule has 23 heavy (non-hydrogen) atoms. The predicted octanol–water partition coefficient (Wildman–Crippen LogP) is 5.12. The van der Waals surface area contributed by atoms with Crippen LogP contribution in [0.15, 0.2) is 53.4 Å². The van der Waals surface area contributed by atoms with Crippen molar-refractivity contribution in [3.8, 4) is 0 Å². The Labute approximate surface area is 140 Å². The number of hydrogen-bond acceptors (Lipinski definition) is 2. The standard InChI is InChI=1S/C19H20FNOS/c1-13(2)11-12-21-18(22)16-5-3-4-6-17(16)19(21)23-15-9-7-14(20)8-10-15/h3-10,13,19H,11-12H2,1-2H3. The van der Waals surface area contributed by atoms with Crippen LogP contribution in [0.3, 0.4) is 0 Å². The van der Waals surface area contributed by atoms with Crippen molar-refractivity contribution in [1.29, 1.82) is 0 Å². The maximum absolute atomic E-state index is 13.1. The van der Waals surface area contributed by atoms with E-state index in [1.165, 1.54) is 12.1 Å². The summed E-state index contributed by atoms with van der Waals surface area (Å²) in [6.07, 6.45) is 0.972. The molecule has 0 aromatic heterocycles. The van der Waals surface area contributed by atoms with Gasteiger partial charge in [-0.25, -0.2) is 4.39 Å². The minimum Gasteiger partial charge on any atom is -0.322 e. The van der Waals surface area contributed by atoms with E-state index in [9.17, 15) is 9.18 Å². The fraction of sp³-hybridized carbons (Fsp3) is 0.316. The summed E-state index contributed by atoms with van der Waals surface area (Å²) < 4.78 is 13.1. The van der Waals surface area contributed by atoms with Crippen molar-refractivity contribution in [2.75, 3.05) is 6.54 Å². The van der Waals surface area contributed by atoms with E-state index in [1.54, 1.807) is 23.9 Å². The van der Waals surface area contributed by atoms with E-state index in [2.05, 4.69) is 13.8 Å². The Balaban J connectivity index is 1.89. The summed E-state index contributed by atoms with van der Waals surface area (Å²) in [4.78, 5) is 15.6. The number of hydrogen-bond donors (Lipinski definition) is 0. The molecule has 1 aliphatic rings. The van der Waals surface area contributed by atoms with Gasteiger partial charge in [0.1, 0.15) is 11.2 Å². The van der Waals surface area contributed by atoms with Gasteiger partial charge in [0.25, 0.3) is 5.91 Å². The highest BCUT2D eigenvalue weighted by Gasteiger charge is 2.36. The minimum absolute atomic E-state index is 0.0390. The second-order valence-corrected chi connectivity index (χ2v) is 7.35. The molecule has 120 valence electrons. The molecule has 1 atom stereocenters. The lowest BCUT2D eigenvalue weighted by molar-refractivity contribution is 0.0766. The summed E-state index contributed by atoms with van der Waals surface area (Å²) in [7, 11) is 0. The Morgan fingerprint density at radius 3 is 2.52 bits per heavy atom. The van der Waals surface area contributed by atoms with Gasteiger partial charge >= 0.3 is 0 Å². The summed E-state index contributed by atoms with van der Waals surface area (Å²) in [5, 5.41) is -0.0390. The van der Waals surface area contributed by atoms with E-state index in [0.29, 0.717) is 5.92 Å². The lowest BCUT2D eigenvalue weighted by Crippen LogP contribution is -2.28. The normalized spacial score (nSPS) is 17.0. The number of benzene rings is 2. The van der Waals surface area contributed by atoms with Crippen LogP contribution >= 0.6 is 11.8 Å². The minimum atomic E-state index is -0.242. The van der Waals surface area contributed by atoms with Crippen LogP contribution in [-0.2, 0) is 0 Å². The van der Waals surface area contributed by atoms with Crippen LogP contribution in [0.5, 0.6) is 0 Å². The van der Waals surface area contributed by atoms with Gasteiger partial charge in [-0.15, -0.1) is 0 Å². The fourth-order valence-corrected chi connectivity index (χ4v) is 3.93. The second kappa shape index (κ2) is 6.75. The summed E-state index contributed by atoms with van der Waals surface area (Å²) in [5.74, 6) is 0.401. The van der Waals surface area contributed by atoms with Gasteiger partial charge in [-0.05, 0) is 48.2 Å². The number of fused-ring (bicyclic) bond motifs is 1. The monoisotopic (exact) mass is 329 g/mol. The highest BCUT2D eigenvalue weighted by atomic mass is 32.2. The average Bonchev–Trinajstić information content (AvgIpc) is 2.80. The number of halogens is 1. The molecule has 2 nitrogen and oxygen atoms in total. The molecule has 0 spiro atoms. The summed E-state index contributed by atoms with van der Waals surface area (Å²) in [6.45, 7) is 5.07. The smallest absolute Gasteiger partial charge is 0.255 e. The fourth-order valence-electron chi connectivity index (χ4n) is 2.72. The molecule has 0 bridgehead atoms. The van der Waals surface area contributed by atoms with Crippen LogP contribution in [0.4, 0.5) is 4.39 Å². The first-order valence-corrected chi connectivity index (χ1v) is 8.76.